The molecule has 0 aromatic heterocycles. The highest BCUT2D eigenvalue weighted by Gasteiger charge is 2.17. The Bertz CT molecular complexity index is 567. The first-order valence-corrected chi connectivity index (χ1v) is 7.50. The number of carboxylic acids is 1. The van der Waals surface area contributed by atoms with Crippen molar-refractivity contribution in [1.29, 1.82) is 0 Å². The number of aliphatic carboxylic acids is 1. The first-order chi connectivity index (χ1) is 8.75. The predicted molar refractivity (Wildman–Crippen MR) is 69.9 cm³/mol. The molecule has 0 aliphatic carbocycles. The van der Waals surface area contributed by atoms with Crippen LogP contribution >= 0.6 is 0 Å². The number of methoxy groups -OCH3 is 1. The van der Waals surface area contributed by atoms with E-state index in [0.717, 1.165) is 6.26 Å². The number of ether oxygens (including phenoxy) is 1. The third kappa shape index (κ3) is 4.22. The third-order valence-electron chi connectivity index (χ3n) is 2.68. The van der Waals surface area contributed by atoms with E-state index in [0.29, 0.717) is 5.56 Å². The Kier molecular flexibility index (Phi) is 4.90. The van der Waals surface area contributed by atoms with E-state index < -0.39 is 21.8 Å². The van der Waals surface area contributed by atoms with Gasteiger partial charge in [-0.3, -0.25) is 4.79 Å². The van der Waals surface area contributed by atoms with E-state index in [1.807, 2.05) is 0 Å². The molecule has 106 valence electrons. The number of hydrogen-bond donors (Lipinski definition) is 2. The molecule has 19 heavy (non-hydrogen) atoms. The number of carbonyl (C=O) groups is 1. The lowest BCUT2D eigenvalue weighted by molar-refractivity contribution is -0.137. The summed E-state index contributed by atoms with van der Waals surface area (Å²) in [7, 11) is -2.05. The van der Waals surface area contributed by atoms with Crippen molar-refractivity contribution in [3.05, 3.63) is 23.8 Å². The van der Waals surface area contributed by atoms with E-state index in [-0.39, 0.29) is 23.5 Å². The van der Waals surface area contributed by atoms with Crippen molar-refractivity contribution >= 4 is 15.8 Å². The van der Waals surface area contributed by atoms with Gasteiger partial charge in [-0.25, -0.2) is 8.42 Å². The Labute approximate surface area is 112 Å². The average molecular weight is 287 g/mol. The number of nitrogens with two attached hydrogens (primary N) is 1. The van der Waals surface area contributed by atoms with E-state index in [2.05, 4.69) is 0 Å². The van der Waals surface area contributed by atoms with Gasteiger partial charge in [0.25, 0.3) is 0 Å². The molecular formula is C12H17NO5S. The van der Waals surface area contributed by atoms with Gasteiger partial charge >= 0.3 is 5.97 Å². The summed E-state index contributed by atoms with van der Waals surface area (Å²) in [6.07, 6.45) is 1.25. The first kappa shape index (κ1) is 15.5. The van der Waals surface area contributed by atoms with E-state index in [9.17, 15) is 13.2 Å². The lowest BCUT2D eigenvalue weighted by Crippen LogP contribution is -2.13. The predicted octanol–water partition coefficient (Wildman–Crippen LogP) is 0.963. The minimum atomic E-state index is -3.43. The molecule has 6 nitrogen and oxygen atoms in total. The fourth-order valence-corrected chi connectivity index (χ4v) is 2.53. The molecule has 0 radical (unpaired) electrons. The quantitative estimate of drug-likeness (QED) is 0.807. The molecule has 7 heteroatoms. The fourth-order valence-electron chi connectivity index (χ4n) is 1.66. The zero-order valence-corrected chi connectivity index (χ0v) is 11.6. The van der Waals surface area contributed by atoms with Gasteiger partial charge in [0.2, 0.25) is 0 Å². The molecule has 0 bridgehead atoms. The maximum absolute atomic E-state index is 11.6. The van der Waals surface area contributed by atoms with Crippen molar-refractivity contribution in [3.63, 3.8) is 0 Å². The van der Waals surface area contributed by atoms with Crippen LogP contribution < -0.4 is 10.5 Å². The summed E-state index contributed by atoms with van der Waals surface area (Å²) in [5, 5.41) is 8.60. The van der Waals surface area contributed by atoms with Crippen LogP contribution in [-0.2, 0) is 14.6 Å². The standard InChI is InChI=1S/C12H17NO5S/c1-18-10-5-3-8(7-11(10)19(2,16)17)9(13)4-6-12(14)15/h3,5,7,9H,4,6,13H2,1-2H3,(H,14,15). The molecule has 0 aliphatic heterocycles. The maximum Gasteiger partial charge on any atom is 0.303 e. The molecule has 1 aromatic rings. The number of rotatable bonds is 6. The first-order valence-electron chi connectivity index (χ1n) is 5.61. The van der Waals surface area contributed by atoms with Crippen molar-refractivity contribution in [3.8, 4) is 5.75 Å². The number of carboxylic acid groups (broad SMARTS) is 1. The van der Waals surface area contributed by atoms with Gasteiger partial charge in [0.05, 0.1) is 7.11 Å². The van der Waals surface area contributed by atoms with Crippen LogP contribution in [0, 0.1) is 0 Å². The molecular weight excluding hydrogens is 270 g/mol. The van der Waals surface area contributed by atoms with Gasteiger partial charge in [0.15, 0.2) is 9.84 Å². The molecule has 3 N–H and O–H groups in total. The molecule has 0 spiro atoms. The Balaban J connectivity index is 3.08. The average Bonchev–Trinajstić information content (AvgIpc) is 2.34. The van der Waals surface area contributed by atoms with Gasteiger partial charge < -0.3 is 15.6 Å². The highest BCUT2D eigenvalue weighted by molar-refractivity contribution is 7.90. The summed E-state index contributed by atoms with van der Waals surface area (Å²) in [5.74, 6) is -0.691. The summed E-state index contributed by atoms with van der Waals surface area (Å²) >= 11 is 0. The van der Waals surface area contributed by atoms with Crippen LogP contribution in [0.25, 0.3) is 0 Å². The monoisotopic (exact) mass is 287 g/mol. The number of sulfone groups is 1. The normalized spacial score (nSPS) is 13.0. The van der Waals surface area contributed by atoms with Crippen molar-refractivity contribution in [2.75, 3.05) is 13.4 Å². The van der Waals surface area contributed by atoms with E-state index in [1.54, 1.807) is 6.07 Å². The highest BCUT2D eigenvalue weighted by atomic mass is 32.2. The van der Waals surface area contributed by atoms with Crippen LogP contribution in [0.4, 0.5) is 0 Å². The molecule has 1 rings (SSSR count). The minimum Gasteiger partial charge on any atom is -0.495 e. The largest absolute Gasteiger partial charge is 0.495 e. The van der Waals surface area contributed by atoms with Crippen molar-refractivity contribution in [1.82, 2.24) is 0 Å². The van der Waals surface area contributed by atoms with Gasteiger partial charge in [-0.1, -0.05) is 6.07 Å². The second-order valence-electron chi connectivity index (χ2n) is 4.22. The van der Waals surface area contributed by atoms with Gasteiger partial charge in [-0.05, 0) is 24.1 Å². The summed E-state index contributed by atoms with van der Waals surface area (Å²) in [5.41, 5.74) is 6.42. The molecule has 0 saturated carbocycles. The maximum atomic E-state index is 11.6. The van der Waals surface area contributed by atoms with Crippen molar-refractivity contribution in [2.45, 2.75) is 23.8 Å². The fraction of sp³-hybridized carbons (Fsp3) is 0.417. The van der Waals surface area contributed by atoms with Gasteiger partial charge in [-0.15, -0.1) is 0 Å². The Morgan fingerprint density at radius 3 is 2.58 bits per heavy atom. The molecule has 0 heterocycles. The van der Waals surface area contributed by atoms with Gasteiger partial charge in [-0.2, -0.15) is 0 Å². The SMILES string of the molecule is COc1ccc(C(N)CCC(=O)O)cc1S(C)(=O)=O. The molecule has 0 amide bonds. The lowest BCUT2D eigenvalue weighted by Gasteiger charge is -2.14. The zero-order chi connectivity index (χ0) is 14.6. The van der Waals surface area contributed by atoms with Crippen LogP contribution in [0.2, 0.25) is 0 Å². The summed E-state index contributed by atoms with van der Waals surface area (Å²) in [6, 6.07) is 4.06. The molecule has 1 unspecified atom stereocenters. The van der Waals surface area contributed by atoms with Crippen LogP contribution in [-0.4, -0.2) is 32.9 Å². The Morgan fingerprint density at radius 2 is 2.11 bits per heavy atom. The lowest BCUT2D eigenvalue weighted by atomic mass is 10.0. The van der Waals surface area contributed by atoms with Crippen molar-refractivity contribution < 1.29 is 23.1 Å². The number of hydrogen-bond acceptors (Lipinski definition) is 5. The second-order valence-corrected chi connectivity index (χ2v) is 6.21. The van der Waals surface area contributed by atoms with Crippen LogP contribution in [0.15, 0.2) is 23.1 Å². The van der Waals surface area contributed by atoms with Gasteiger partial charge in [0.1, 0.15) is 10.6 Å². The van der Waals surface area contributed by atoms with Crippen LogP contribution in [0.5, 0.6) is 5.75 Å². The molecule has 0 aliphatic rings. The van der Waals surface area contributed by atoms with Crippen LogP contribution in [0.3, 0.4) is 0 Å². The third-order valence-corrected chi connectivity index (χ3v) is 3.80. The molecule has 1 atom stereocenters. The molecule has 0 fully saturated rings. The van der Waals surface area contributed by atoms with Crippen molar-refractivity contribution in [2.24, 2.45) is 5.73 Å². The highest BCUT2D eigenvalue weighted by Crippen LogP contribution is 2.28. The zero-order valence-electron chi connectivity index (χ0n) is 10.8. The summed E-state index contributed by atoms with van der Waals surface area (Å²) < 4.78 is 28.3. The number of benzene rings is 1. The van der Waals surface area contributed by atoms with Crippen LogP contribution in [0.1, 0.15) is 24.4 Å². The van der Waals surface area contributed by atoms with E-state index in [4.69, 9.17) is 15.6 Å². The van der Waals surface area contributed by atoms with E-state index in [1.165, 1.54) is 19.2 Å². The summed E-state index contributed by atoms with van der Waals surface area (Å²) in [4.78, 5) is 10.5. The Hall–Kier alpha value is -1.60. The Morgan fingerprint density at radius 1 is 1.47 bits per heavy atom. The smallest absolute Gasteiger partial charge is 0.303 e. The molecule has 1 aromatic carbocycles. The second kappa shape index (κ2) is 6.03. The molecule has 0 saturated heterocycles. The van der Waals surface area contributed by atoms with Gasteiger partial charge in [0, 0.05) is 18.7 Å². The van der Waals surface area contributed by atoms with E-state index >= 15 is 0 Å². The summed E-state index contributed by atoms with van der Waals surface area (Å²) in [6.45, 7) is 0. The minimum absolute atomic E-state index is 0.0540. The topological polar surface area (TPSA) is 107 Å².